The SMILES string of the molecule is COCCNC(=O)C(C)OCC1CNCC(C)O1. The predicted octanol–water partition coefficient (Wildman–Crippen LogP) is -0.469. The van der Waals surface area contributed by atoms with Crippen LogP contribution < -0.4 is 10.6 Å². The van der Waals surface area contributed by atoms with Gasteiger partial charge in [-0.3, -0.25) is 4.79 Å². The molecule has 0 aromatic heterocycles. The first-order valence-electron chi connectivity index (χ1n) is 6.38. The maximum Gasteiger partial charge on any atom is 0.248 e. The van der Waals surface area contributed by atoms with E-state index in [-0.39, 0.29) is 18.1 Å². The zero-order valence-electron chi connectivity index (χ0n) is 11.4. The van der Waals surface area contributed by atoms with Crippen molar-refractivity contribution in [2.75, 3.05) is 40.0 Å². The third-order valence-electron chi connectivity index (χ3n) is 2.74. The van der Waals surface area contributed by atoms with Crippen LogP contribution in [0, 0.1) is 0 Å². The molecule has 1 heterocycles. The van der Waals surface area contributed by atoms with Gasteiger partial charge in [0.15, 0.2) is 0 Å². The molecule has 3 unspecified atom stereocenters. The second-order valence-electron chi connectivity index (χ2n) is 4.49. The maximum absolute atomic E-state index is 11.6. The topological polar surface area (TPSA) is 68.8 Å². The van der Waals surface area contributed by atoms with Crippen LogP contribution in [0.2, 0.25) is 0 Å². The number of ether oxygens (including phenoxy) is 3. The highest BCUT2D eigenvalue weighted by molar-refractivity contribution is 5.80. The van der Waals surface area contributed by atoms with E-state index in [1.54, 1.807) is 14.0 Å². The van der Waals surface area contributed by atoms with E-state index in [0.29, 0.717) is 19.8 Å². The van der Waals surface area contributed by atoms with Crippen LogP contribution in [0.25, 0.3) is 0 Å². The molecule has 1 rings (SSSR count). The normalized spacial score (nSPS) is 25.7. The monoisotopic (exact) mass is 260 g/mol. The summed E-state index contributed by atoms with van der Waals surface area (Å²) in [5.74, 6) is -0.121. The molecule has 106 valence electrons. The van der Waals surface area contributed by atoms with Crippen LogP contribution in [0.3, 0.4) is 0 Å². The van der Waals surface area contributed by atoms with Gasteiger partial charge in [-0.1, -0.05) is 0 Å². The zero-order valence-corrected chi connectivity index (χ0v) is 11.4. The van der Waals surface area contributed by atoms with E-state index in [2.05, 4.69) is 10.6 Å². The summed E-state index contributed by atoms with van der Waals surface area (Å²) in [7, 11) is 1.60. The van der Waals surface area contributed by atoms with Crippen LogP contribution in [0.5, 0.6) is 0 Å². The summed E-state index contributed by atoms with van der Waals surface area (Å²) in [5, 5.41) is 5.99. The van der Waals surface area contributed by atoms with E-state index in [4.69, 9.17) is 14.2 Å². The van der Waals surface area contributed by atoms with E-state index in [9.17, 15) is 4.79 Å². The van der Waals surface area contributed by atoms with E-state index >= 15 is 0 Å². The van der Waals surface area contributed by atoms with E-state index in [1.807, 2.05) is 6.92 Å². The third kappa shape index (κ3) is 5.77. The predicted molar refractivity (Wildman–Crippen MR) is 67.5 cm³/mol. The average Bonchev–Trinajstić information content (AvgIpc) is 2.36. The number of hydrogen-bond acceptors (Lipinski definition) is 5. The summed E-state index contributed by atoms with van der Waals surface area (Å²) in [5.41, 5.74) is 0. The molecular formula is C12H24N2O4. The largest absolute Gasteiger partial charge is 0.383 e. The standard InChI is InChI=1S/C12H24N2O4/c1-9-6-13-7-11(18-9)8-17-10(2)12(15)14-4-5-16-3/h9-11,13H,4-8H2,1-3H3,(H,14,15). The van der Waals surface area contributed by atoms with Crippen molar-refractivity contribution in [3.05, 3.63) is 0 Å². The van der Waals surface area contributed by atoms with Gasteiger partial charge in [0.25, 0.3) is 0 Å². The quantitative estimate of drug-likeness (QED) is 0.606. The highest BCUT2D eigenvalue weighted by Gasteiger charge is 2.21. The number of nitrogens with one attached hydrogen (secondary N) is 2. The molecule has 1 aliphatic rings. The molecule has 0 bridgehead atoms. The minimum Gasteiger partial charge on any atom is -0.383 e. The fourth-order valence-corrected chi connectivity index (χ4v) is 1.72. The van der Waals surface area contributed by atoms with Crippen molar-refractivity contribution < 1.29 is 19.0 Å². The van der Waals surface area contributed by atoms with Crippen molar-refractivity contribution >= 4 is 5.91 Å². The molecule has 0 radical (unpaired) electrons. The lowest BCUT2D eigenvalue weighted by Gasteiger charge is -2.29. The molecule has 6 heteroatoms. The van der Waals surface area contributed by atoms with Crippen molar-refractivity contribution in [2.24, 2.45) is 0 Å². The number of carbonyl (C=O) groups excluding carboxylic acids is 1. The lowest BCUT2D eigenvalue weighted by atomic mass is 10.2. The van der Waals surface area contributed by atoms with Crippen LogP contribution in [-0.4, -0.2) is 64.2 Å². The Hall–Kier alpha value is -0.690. The van der Waals surface area contributed by atoms with Crippen LogP contribution in [0.15, 0.2) is 0 Å². The lowest BCUT2D eigenvalue weighted by molar-refractivity contribution is -0.137. The number of carbonyl (C=O) groups is 1. The molecule has 0 saturated carbocycles. The van der Waals surface area contributed by atoms with Crippen LogP contribution in [-0.2, 0) is 19.0 Å². The summed E-state index contributed by atoms with van der Waals surface area (Å²) in [4.78, 5) is 11.6. The summed E-state index contributed by atoms with van der Waals surface area (Å²) in [6.07, 6.45) is -0.260. The molecule has 1 saturated heterocycles. The Bertz CT molecular complexity index is 250. The Labute approximate surface area is 108 Å². The van der Waals surface area contributed by atoms with Crippen LogP contribution >= 0.6 is 0 Å². The molecule has 0 aromatic rings. The Morgan fingerprint density at radius 3 is 3.00 bits per heavy atom. The average molecular weight is 260 g/mol. The molecule has 1 aliphatic heterocycles. The highest BCUT2D eigenvalue weighted by Crippen LogP contribution is 2.05. The number of morpholine rings is 1. The van der Waals surface area contributed by atoms with E-state index in [1.165, 1.54) is 0 Å². The van der Waals surface area contributed by atoms with Gasteiger partial charge in [0.1, 0.15) is 6.10 Å². The fourth-order valence-electron chi connectivity index (χ4n) is 1.72. The van der Waals surface area contributed by atoms with Crippen molar-refractivity contribution in [3.63, 3.8) is 0 Å². The van der Waals surface area contributed by atoms with Gasteiger partial charge in [0, 0.05) is 26.7 Å². The first-order chi connectivity index (χ1) is 8.63. The van der Waals surface area contributed by atoms with Gasteiger partial charge in [-0.25, -0.2) is 0 Å². The Balaban J connectivity index is 2.15. The molecule has 18 heavy (non-hydrogen) atoms. The van der Waals surface area contributed by atoms with Crippen molar-refractivity contribution in [2.45, 2.75) is 32.2 Å². The minimum absolute atomic E-state index is 0.0166. The Morgan fingerprint density at radius 2 is 2.33 bits per heavy atom. The molecule has 0 aliphatic carbocycles. The van der Waals surface area contributed by atoms with Gasteiger partial charge in [0.2, 0.25) is 5.91 Å². The van der Waals surface area contributed by atoms with Gasteiger partial charge < -0.3 is 24.8 Å². The summed E-state index contributed by atoms with van der Waals surface area (Å²) < 4.78 is 16.0. The first kappa shape index (κ1) is 15.4. The van der Waals surface area contributed by atoms with Gasteiger partial charge >= 0.3 is 0 Å². The molecule has 0 spiro atoms. The Morgan fingerprint density at radius 1 is 1.56 bits per heavy atom. The number of methoxy groups -OCH3 is 1. The molecule has 0 aromatic carbocycles. The summed E-state index contributed by atoms with van der Waals surface area (Å²) >= 11 is 0. The van der Waals surface area contributed by atoms with E-state index in [0.717, 1.165) is 13.1 Å². The molecule has 6 nitrogen and oxygen atoms in total. The zero-order chi connectivity index (χ0) is 13.4. The first-order valence-corrected chi connectivity index (χ1v) is 6.38. The maximum atomic E-state index is 11.6. The van der Waals surface area contributed by atoms with Gasteiger partial charge in [-0.2, -0.15) is 0 Å². The molecule has 1 fully saturated rings. The minimum atomic E-state index is -0.470. The molecule has 2 N–H and O–H groups in total. The summed E-state index contributed by atoms with van der Waals surface area (Å²) in [6.45, 7) is 6.82. The second-order valence-corrected chi connectivity index (χ2v) is 4.49. The number of amides is 1. The van der Waals surface area contributed by atoms with Gasteiger partial charge in [-0.15, -0.1) is 0 Å². The Kier molecular flexibility index (Phi) is 7.19. The summed E-state index contributed by atoms with van der Waals surface area (Å²) in [6, 6.07) is 0. The molecule has 1 amide bonds. The molecule has 3 atom stereocenters. The van der Waals surface area contributed by atoms with Gasteiger partial charge in [-0.05, 0) is 13.8 Å². The van der Waals surface area contributed by atoms with Crippen LogP contribution in [0.4, 0.5) is 0 Å². The molecular weight excluding hydrogens is 236 g/mol. The fraction of sp³-hybridized carbons (Fsp3) is 0.917. The van der Waals surface area contributed by atoms with Crippen molar-refractivity contribution in [1.82, 2.24) is 10.6 Å². The van der Waals surface area contributed by atoms with Crippen LogP contribution in [0.1, 0.15) is 13.8 Å². The van der Waals surface area contributed by atoms with E-state index < -0.39 is 6.10 Å². The number of rotatable bonds is 7. The lowest BCUT2D eigenvalue weighted by Crippen LogP contribution is -2.46. The third-order valence-corrected chi connectivity index (χ3v) is 2.74. The second kappa shape index (κ2) is 8.42. The highest BCUT2D eigenvalue weighted by atomic mass is 16.5. The van der Waals surface area contributed by atoms with Crippen molar-refractivity contribution in [3.8, 4) is 0 Å². The van der Waals surface area contributed by atoms with Gasteiger partial charge in [0.05, 0.1) is 25.4 Å². The smallest absolute Gasteiger partial charge is 0.248 e. The number of hydrogen-bond donors (Lipinski definition) is 2. The van der Waals surface area contributed by atoms with Crippen molar-refractivity contribution in [1.29, 1.82) is 0 Å².